The first-order valence-corrected chi connectivity index (χ1v) is 11.3. The monoisotopic (exact) mass is 459 g/mol. The zero-order chi connectivity index (χ0) is 23.8. The zero-order valence-corrected chi connectivity index (χ0v) is 19.2. The lowest BCUT2D eigenvalue weighted by atomic mass is 10.2. The van der Waals surface area contributed by atoms with Crippen LogP contribution in [-0.4, -0.2) is 66.6 Å². The summed E-state index contributed by atoms with van der Waals surface area (Å²) in [5.74, 6) is 0.712. The van der Waals surface area contributed by atoms with Crippen LogP contribution in [0.1, 0.15) is 6.42 Å². The molecule has 2 heterocycles. The van der Waals surface area contributed by atoms with Crippen molar-refractivity contribution in [2.24, 2.45) is 0 Å². The fourth-order valence-corrected chi connectivity index (χ4v) is 3.88. The lowest BCUT2D eigenvalue weighted by Crippen LogP contribution is -2.49. The van der Waals surface area contributed by atoms with Crippen LogP contribution in [0.25, 0.3) is 0 Å². The Kier molecular flexibility index (Phi) is 7.54. The Morgan fingerprint density at radius 1 is 0.912 bits per heavy atom. The van der Waals surface area contributed by atoms with Crippen molar-refractivity contribution in [3.05, 3.63) is 73.1 Å². The largest absolute Gasteiger partial charge is 0.343 e. The second-order valence-corrected chi connectivity index (χ2v) is 7.96. The Morgan fingerprint density at radius 3 is 2.32 bits per heavy atom. The normalized spacial score (nSPS) is 13.3. The van der Waals surface area contributed by atoms with Gasteiger partial charge >= 0.3 is 6.03 Å². The second kappa shape index (κ2) is 11.1. The van der Waals surface area contributed by atoms with E-state index in [0.717, 1.165) is 11.4 Å². The van der Waals surface area contributed by atoms with E-state index in [2.05, 4.69) is 25.5 Å². The lowest BCUT2D eigenvalue weighted by molar-refractivity contribution is -0.131. The number of aromatic nitrogens is 2. The molecule has 176 valence electrons. The van der Waals surface area contributed by atoms with Gasteiger partial charge in [0, 0.05) is 64.3 Å². The van der Waals surface area contributed by atoms with Crippen LogP contribution in [-0.2, 0) is 4.79 Å². The Bertz CT molecular complexity index is 1090. The summed E-state index contributed by atoms with van der Waals surface area (Å²) in [6.45, 7) is 2.87. The maximum Gasteiger partial charge on any atom is 0.319 e. The van der Waals surface area contributed by atoms with E-state index in [1.165, 1.54) is 0 Å². The van der Waals surface area contributed by atoms with Crippen molar-refractivity contribution < 1.29 is 9.59 Å². The third-order valence-electron chi connectivity index (χ3n) is 5.75. The van der Waals surface area contributed by atoms with E-state index in [1.807, 2.05) is 71.4 Å². The van der Waals surface area contributed by atoms with Gasteiger partial charge in [0.25, 0.3) is 0 Å². The minimum Gasteiger partial charge on any atom is -0.343 e. The average Bonchev–Trinajstić information content (AvgIpc) is 2.89. The van der Waals surface area contributed by atoms with E-state index in [4.69, 9.17) is 0 Å². The summed E-state index contributed by atoms with van der Waals surface area (Å²) in [4.78, 5) is 39.5. The highest BCUT2D eigenvalue weighted by atomic mass is 16.2. The number of urea groups is 1. The minimum absolute atomic E-state index is 0.0261. The molecule has 0 atom stereocenters. The van der Waals surface area contributed by atoms with Gasteiger partial charge < -0.3 is 25.3 Å². The number of hydrogen-bond donors (Lipinski definition) is 2. The number of nitrogens with one attached hydrogen (secondary N) is 2. The van der Waals surface area contributed by atoms with Gasteiger partial charge in [0.2, 0.25) is 11.9 Å². The van der Waals surface area contributed by atoms with Crippen molar-refractivity contribution in [1.82, 2.24) is 20.2 Å². The molecule has 4 rings (SSSR count). The molecule has 9 heteroatoms. The number of piperazine rings is 1. The second-order valence-electron chi connectivity index (χ2n) is 7.96. The van der Waals surface area contributed by atoms with E-state index in [-0.39, 0.29) is 24.9 Å². The van der Waals surface area contributed by atoms with Crippen LogP contribution in [0.4, 0.5) is 27.8 Å². The van der Waals surface area contributed by atoms with Gasteiger partial charge in [-0.2, -0.15) is 0 Å². The molecule has 0 bridgehead atoms. The first kappa shape index (κ1) is 23.0. The van der Waals surface area contributed by atoms with Crippen LogP contribution < -0.4 is 20.4 Å². The molecule has 0 unspecified atom stereocenters. The summed E-state index contributed by atoms with van der Waals surface area (Å²) in [5.41, 5.74) is 2.58. The predicted molar refractivity (Wildman–Crippen MR) is 133 cm³/mol. The fourth-order valence-electron chi connectivity index (χ4n) is 3.88. The van der Waals surface area contributed by atoms with Crippen LogP contribution in [0.15, 0.2) is 73.1 Å². The van der Waals surface area contributed by atoms with Crippen molar-refractivity contribution in [1.29, 1.82) is 0 Å². The SMILES string of the molecule is CN(c1ccccc1)c1ccccc1NC(=O)NCCC(=O)N1CCN(c2ncccn2)CC1. The third kappa shape index (κ3) is 5.80. The molecule has 3 aromatic rings. The van der Waals surface area contributed by atoms with Gasteiger partial charge in [-0.1, -0.05) is 30.3 Å². The topological polar surface area (TPSA) is 93.7 Å². The number of nitrogens with zero attached hydrogens (tertiary/aromatic N) is 5. The molecule has 0 radical (unpaired) electrons. The number of carbonyl (C=O) groups excluding carboxylic acids is 2. The molecule has 1 aromatic heterocycles. The fraction of sp³-hybridized carbons (Fsp3) is 0.280. The van der Waals surface area contributed by atoms with Crippen molar-refractivity contribution in [3.8, 4) is 0 Å². The molecule has 0 aliphatic carbocycles. The summed E-state index contributed by atoms with van der Waals surface area (Å²) in [6.07, 6.45) is 3.68. The third-order valence-corrected chi connectivity index (χ3v) is 5.75. The summed E-state index contributed by atoms with van der Waals surface area (Å²) in [5, 5.41) is 5.70. The molecule has 0 saturated carbocycles. The smallest absolute Gasteiger partial charge is 0.319 e. The number of hydrogen-bond acceptors (Lipinski definition) is 6. The first-order chi connectivity index (χ1) is 16.6. The molecule has 34 heavy (non-hydrogen) atoms. The quantitative estimate of drug-likeness (QED) is 0.564. The highest BCUT2D eigenvalue weighted by molar-refractivity contribution is 5.94. The van der Waals surface area contributed by atoms with Gasteiger partial charge in [-0.05, 0) is 30.3 Å². The molecule has 0 spiro atoms. The summed E-state index contributed by atoms with van der Waals surface area (Å²) in [6, 6.07) is 19.0. The predicted octanol–water partition coefficient (Wildman–Crippen LogP) is 3.10. The zero-order valence-electron chi connectivity index (χ0n) is 19.2. The lowest BCUT2D eigenvalue weighted by Gasteiger charge is -2.34. The highest BCUT2D eigenvalue weighted by Gasteiger charge is 2.22. The van der Waals surface area contributed by atoms with Gasteiger partial charge in [0.15, 0.2) is 0 Å². The molecule has 1 saturated heterocycles. The van der Waals surface area contributed by atoms with Gasteiger partial charge in [-0.15, -0.1) is 0 Å². The summed E-state index contributed by atoms with van der Waals surface area (Å²) < 4.78 is 0. The van der Waals surface area contributed by atoms with E-state index in [9.17, 15) is 9.59 Å². The molecule has 3 amide bonds. The molecule has 2 N–H and O–H groups in total. The number of rotatable bonds is 7. The molecule has 2 aromatic carbocycles. The van der Waals surface area contributed by atoms with Crippen LogP contribution in [0.3, 0.4) is 0 Å². The van der Waals surface area contributed by atoms with Crippen LogP contribution >= 0.6 is 0 Å². The Balaban J connectivity index is 1.23. The number of carbonyl (C=O) groups is 2. The number of amides is 3. The standard InChI is InChI=1S/C25H29N7O2/c1-30(20-8-3-2-4-9-20)22-11-6-5-10-21(22)29-25(34)28-15-12-23(33)31-16-18-32(19-17-31)24-26-13-7-14-27-24/h2-11,13-14H,12,15-19H2,1H3,(H2,28,29,34). The van der Waals surface area contributed by atoms with Crippen molar-refractivity contribution in [3.63, 3.8) is 0 Å². The molecule has 1 aliphatic rings. The summed E-state index contributed by atoms with van der Waals surface area (Å²) >= 11 is 0. The van der Waals surface area contributed by atoms with Gasteiger partial charge in [0.05, 0.1) is 11.4 Å². The molecule has 1 fully saturated rings. The Morgan fingerprint density at radius 2 is 1.59 bits per heavy atom. The van der Waals surface area contributed by atoms with Gasteiger partial charge in [-0.25, -0.2) is 14.8 Å². The van der Waals surface area contributed by atoms with Crippen LogP contribution in [0.2, 0.25) is 0 Å². The van der Waals surface area contributed by atoms with E-state index in [0.29, 0.717) is 37.8 Å². The molecular formula is C25H29N7O2. The van der Waals surface area contributed by atoms with E-state index < -0.39 is 0 Å². The van der Waals surface area contributed by atoms with Crippen molar-refractivity contribution in [2.45, 2.75) is 6.42 Å². The summed E-state index contributed by atoms with van der Waals surface area (Å²) in [7, 11) is 1.95. The number of anilines is 4. The maximum atomic E-state index is 12.6. The van der Waals surface area contributed by atoms with Crippen LogP contribution in [0.5, 0.6) is 0 Å². The Labute approximate surface area is 199 Å². The molecule has 9 nitrogen and oxygen atoms in total. The molecular weight excluding hydrogens is 430 g/mol. The maximum absolute atomic E-state index is 12.6. The number of para-hydroxylation sites is 3. The van der Waals surface area contributed by atoms with Crippen molar-refractivity contribution in [2.75, 3.05) is 54.9 Å². The van der Waals surface area contributed by atoms with Crippen molar-refractivity contribution >= 4 is 34.9 Å². The minimum atomic E-state index is -0.340. The van der Waals surface area contributed by atoms with Gasteiger partial charge in [-0.3, -0.25) is 4.79 Å². The molecule has 1 aliphatic heterocycles. The van der Waals surface area contributed by atoms with Crippen LogP contribution in [0, 0.1) is 0 Å². The first-order valence-electron chi connectivity index (χ1n) is 11.3. The average molecular weight is 460 g/mol. The Hall–Kier alpha value is -4.14. The van der Waals surface area contributed by atoms with E-state index in [1.54, 1.807) is 18.5 Å². The number of benzene rings is 2. The highest BCUT2D eigenvalue weighted by Crippen LogP contribution is 2.30. The van der Waals surface area contributed by atoms with Gasteiger partial charge in [0.1, 0.15) is 0 Å². The van der Waals surface area contributed by atoms with E-state index >= 15 is 0 Å².